The summed E-state index contributed by atoms with van der Waals surface area (Å²) < 4.78 is 24.8. The molecule has 0 saturated carbocycles. The molecular weight excluding hydrogens is 502 g/mol. The van der Waals surface area contributed by atoms with E-state index < -0.39 is 29.8 Å². The highest BCUT2D eigenvalue weighted by Gasteiger charge is 2.44. The number of halogens is 1. The number of nitrogens with zero attached hydrogens (tertiary/aromatic N) is 1. The van der Waals surface area contributed by atoms with Gasteiger partial charge in [0.1, 0.15) is 12.2 Å². The summed E-state index contributed by atoms with van der Waals surface area (Å²) in [6, 6.07) is 29.7. The summed E-state index contributed by atoms with van der Waals surface area (Å²) in [5.41, 5.74) is 3.94. The van der Waals surface area contributed by atoms with Gasteiger partial charge in [0.15, 0.2) is 6.10 Å². The van der Waals surface area contributed by atoms with Gasteiger partial charge in [0.2, 0.25) is 0 Å². The number of alkyl halides is 1. The molecule has 0 spiro atoms. The Labute approximate surface area is 229 Å². The van der Waals surface area contributed by atoms with Crippen LogP contribution in [-0.4, -0.2) is 55.4 Å². The van der Waals surface area contributed by atoms with Gasteiger partial charge in [-0.05, 0) is 22.3 Å². The Morgan fingerprint density at radius 2 is 1.21 bits per heavy atom. The molecule has 38 heavy (non-hydrogen) atoms. The normalized spacial score (nSPS) is 21.0. The number of hydrogen-bond donors (Lipinski definition) is 0. The van der Waals surface area contributed by atoms with Crippen molar-refractivity contribution in [3.05, 3.63) is 119 Å². The molecule has 0 fully saturated rings. The lowest BCUT2D eigenvalue weighted by molar-refractivity contribution is -0.129. The number of hydrogen-bond acceptors (Lipinski definition) is 5. The van der Waals surface area contributed by atoms with Gasteiger partial charge in [-0.3, -0.25) is 0 Å². The zero-order valence-electron chi connectivity index (χ0n) is 21.7. The van der Waals surface area contributed by atoms with Crippen LogP contribution in [-0.2, 0) is 38.8 Å². The van der Waals surface area contributed by atoms with Gasteiger partial charge >= 0.3 is 6.09 Å². The molecule has 3 aromatic rings. The average Bonchev–Trinajstić information content (AvgIpc) is 2.94. The highest BCUT2D eigenvalue weighted by atomic mass is 35.5. The highest BCUT2D eigenvalue weighted by molar-refractivity contribution is 6.22. The lowest BCUT2D eigenvalue weighted by Gasteiger charge is -2.40. The van der Waals surface area contributed by atoms with Gasteiger partial charge in [-0.25, -0.2) is 4.79 Å². The molecule has 0 bridgehead atoms. The summed E-state index contributed by atoms with van der Waals surface area (Å²) in [4.78, 5) is 14.0. The monoisotopic (exact) mass is 535 g/mol. The molecule has 200 valence electrons. The first-order valence-electron chi connectivity index (χ1n) is 12.7. The van der Waals surface area contributed by atoms with Crippen molar-refractivity contribution < 1.29 is 23.7 Å². The SMILES string of the molecule is CN(C)C(=O)O[C@H]1[C@@H](OCc2ccccc2)[C@H](OCc2ccccc2)C(COCc2ccccc2)=C[C@@H]1Cl. The molecule has 1 amide bonds. The third kappa shape index (κ3) is 7.92. The molecule has 4 rings (SSSR count). The smallest absolute Gasteiger partial charge is 0.409 e. The maximum atomic E-state index is 12.6. The minimum atomic E-state index is -0.756. The van der Waals surface area contributed by atoms with Crippen LogP contribution in [0.3, 0.4) is 0 Å². The van der Waals surface area contributed by atoms with Crippen molar-refractivity contribution in [3.63, 3.8) is 0 Å². The quantitative estimate of drug-likeness (QED) is 0.223. The van der Waals surface area contributed by atoms with E-state index in [1.54, 1.807) is 14.1 Å². The summed E-state index contributed by atoms with van der Waals surface area (Å²) in [6.45, 7) is 1.42. The van der Waals surface area contributed by atoms with E-state index in [0.717, 1.165) is 22.3 Å². The number of amides is 1. The second-order valence-electron chi connectivity index (χ2n) is 9.39. The lowest BCUT2D eigenvalue weighted by atomic mass is 9.90. The van der Waals surface area contributed by atoms with Crippen molar-refractivity contribution >= 4 is 17.7 Å². The Kier molecular flexibility index (Phi) is 10.4. The number of carbonyl (C=O) groups excluding carboxylic acids is 1. The molecule has 0 aromatic heterocycles. The fraction of sp³-hybridized carbons (Fsp3) is 0.323. The summed E-state index contributed by atoms with van der Waals surface area (Å²) in [7, 11) is 3.27. The predicted molar refractivity (Wildman–Crippen MR) is 148 cm³/mol. The average molecular weight is 536 g/mol. The fourth-order valence-electron chi connectivity index (χ4n) is 4.21. The van der Waals surface area contributed by atoms with Crippen LogP contribution in [0.5, 0.6) is 0 Å². The van der Waals surface area contributed by atoms with Crippen LogP contribution in [0, 0.1) is 0 Å². The van der Waals surface area contributed by atoms with Crippen LogP contribution in [0.4, 0.5) is 4.79 Å². The van der Waals surface area contributed by atoms with E-state index in [2.05, 4.69) is 0 Å². The maximum Gasteiger partial charge on any atom is 0.409 e. The standard InChI is InChI=1S/C31H34ClNO5/c1-33(2)31(34)38-29-27(32)18-26(22-35-19-23-12-6-3-7-13-23)28(36-20-24-14-8-4-9-15-24)30(29)37-21-25-16-10-5-11-17-25/h3-18,27-30H,19-22H2,1-2H3/t27-,28+,29+,30-/m0/s1. The zero-order chi connectivity index (χ0) is 26.7. The van der Waals surface area contributed by atoms with Crippen LogP contribution >= 0.6 is 11.6 Å². The van der Waals surface area contributed by atoms with E-state index in [0.29, 0.717) is 26.4 Å². The first-order chi connectivity index (χ1) is 18.5. The molecule has 0 heterocycles. The van der Waals surface area contributed by atoms with Crippen molar-refractivity contribution in [3.8, 4) is 0 Å². The third-order valence-electron chi connectivity index (χ3n) is 6.21. The van der Waals surface area contributed by atoms with Crippen LogP contribution in [0.15, 0.2) is 103 Å². The number of rotatable bonds is 11. The Balaban J connectivity index is 1.58. The van der Waals surface area contributed by atoms with Gasteiger partial charge in [-0.15, -0.1) is 11.6 Å². The van der Waals surface area contributed by atoms with Gasteiger partial charge in [0.05, 0.1) is 31.8 Å². The van der Waals surface area contributed by atoms with Gasteiger partial charge in [-0.1, -0.05) is 97.1 Å². The van der Waals surface area contributed by atoms with Crippen LogP contribution in [0.1, 0.15) is 16.7 Å². The van der Waals surface area contributed by atoms with Gasteiger partial charge in [0.25, 0.3) is 0 Å². The molecule has 4 atom stereocenters. The van der Waals surface area contributed by atoms with E-state index in [9.17, 15) is 4.79 Å². The Bertz CT molecular complexity index is 1160. The van der Waals surface area contributed by atoms with E-state index >= 15 is 0 Å². The van der Waals surface area contributed by atoms with Crippen LogP contribution in [0.25, 0.3) is 0 Å². The molecule has 3 aromatic carbocycles. The molecular formula is C31H34ClNO5. The molecule has 0 saturated heterocycles. The molecule has 0 radical (unpaired) electrons. The molecule has 6 nitrogen and oxygen atoms in total. The second kappa shape index (κ2) is 14.1. The molecule has 0 unspecified atom stereocenters. The van der Waals surface area contributed by atoms with E-state index in [4.69, 9.17) is 30.5 Å². The largest absolute Gasteiger partial charge is 0.441 e. The third-order valence-corrected chi connectivity index (χ3v) is 6.59. The van der Waals surface area contributed by atoms with Crippen LogP contribution in [0.2, 0.25) is 0 Å². The van der Waals surface area contributed by atoms with Crippen molar-refractivity contribution in [2.24, 2.45) is 0 Å². The Morgan fingerprint density at radius 3 is 1.74 bits per heavy atom. The van der Waals surface area contributed by atoms with E-state index in [1.165, 1.54) is 4.90 Å². The lowest BCUT2D eigenvalue weighted by Crippen LogP contribution is -2.52. The van der Waals surface area contributed by atoms with Crippen molar-refractivity contribution in [1.29, 1.82) is 0 Å². The predicted octanol–water partition coefficient (Wildman–Crippen LogP) is 5.99. The molecule has 1 aliphatic carbocycles. The molecule has 7 heteroatoms. The summed E-state index contributed by atoms with van der Waals surface area (Å²) in [5.74, 6) is 0. The highest BCUT2D eigenvalue weighted by Crippen LogP contribution is 2.32. The molecule has 0 aliphatic heterocycles. The van der Waals surface area contributed by atoms with Crippen LogP contribution < -0.4 is 0 Å². The number of ether oxygens (including phenoxy) is 4. The fourth-order valence-corrected chi connectivity index (χ4v) is 4.57. The Morgan fingerprint density at radius 1 is 0.711 bits per heavy atom. The van der Waals surface area contributed by atoms with E-state index in [1.807, 2.05) is 97.1 Å². The first-order valence-corrected chi connectivity index (χ1v) is 13.1. The van der Waals surface area contributed by atoms with Gasteiger partial charge < -0.3 is 23.8 Å². The topological polar surface area (TPSA) is 57.2 Å². The maximum absolute atomic E-state index is 12.6. The second-order valence-corrected chi connectivity index (χ2v) is 9.89. The zero-order valence-corrected chi connectivity index (χ0v) is 22.5. The molecule has 1 aliphatic rings. The minimum absolute atomic E-state index is 0.303. The minimum Gasteiger partial charge on any atom is -0.441 e. The van der Waals surface area contributed by atoms with Gasteiger partial charge in [0, 0.05) is 14.1 Å². The number of carbonyl (C=O) groups is 1. The number of benzene rings is 3. The van der Waals surface area contributed by atoms with E-state index in [-0.39, 0.29) is 0 Å². The van der Waals surface area contributed by atoms with Crippen molar-refractivity contribution in [2.45, 2.75) is 43.5 Å². The summed E-state index contributed by atoms with van der Waals surface area (Å²) >= 11 is 6.82. The Hall–Kier alpha value is -3.16. The summed E-state index contributed by atoms with van der Waals surface area (Å²) in [6.07, 6.45) is -0.560. The van der Waals surface area contributed by atoms with Crippen molar-refractivity contribution in [2.75, 3.05) is 20.7 Å². The molecule has 0 N–H and O–H groups in total. The van der Waals surface area contributed by atoms with Gasteiger partial charge in [-0.2, -0.15) is 0 Å². The van der Waals surface area contributed by atoms with Crippen molar-refractivity contribution in [1.82, 2.24) is 4.90 Å². The first kappa shape index (κ1) is 27.9. The summed E-state index contributed by atoms with van der Waals surface area (Å²) in [5, 5.41) is -0.619.